The summed E-state index contributed by atoms with van der Waals surface area (Å²) in [5.74, 6) is -0.0839. The van der Waals surface area contributed by atoms with E-state index in [1.807, 2.05) is 0 Å². The van der Waals surface area contributed by atoms with Gasteiger partial charge in [0.25, 0.3) is 0 Å². The Morgan fingerprint density at radius 3 is 2.32 bits per heavy atom. The Bertz CT molecular complexity index is 652. The zero-order chi connectivity index (χ0) is 14.1. The Hall–Kier alpha value is -0.630. The lowest BCUT2D eigenvalue weighted by Gasteiger charge is -2.19. The number of sulfonamides is 1. The van der Waals surface area contributed by atoms with Crippen LogP contribution in [-0.4, -0.2) is 45.7 Å². The third-order valence-corrected chi connectivity index (χ3v) is 6.85. The van der Waals surface area contributed by atoms with Crippen LogP contribution in [0.3, 0.4) is 0 Å². The average molecular weight is 324 g/mol. The van der Waals surface area contributed by atoms with Crippen LogP contribution in [0.2, 0.25) is 5.02 Å². The highest BCUT2D eigenvalue weighted by molar-refractivity contribution is 7.91. The fraction of sp³-hybridized carbons (Fsp3) is 0.455. The molecule has 1 aliphatic heterocycles. The van der Waals surface area contributed by atoms with Gasteiger partial charge in [-0.25, -0.2) is 16.8 Å². The maximum absolute atomic E-state index is 12.4. The molecule has 8 heteroatoms. The van der Waals surface area contributed by atoms with Crippen molar-refractivity contribution in [2.24, 2.45) is 0 Å². The van der Waals surface area contributed by atoms with Gasteiger partial charge in [0, 0.05) is 18.1 Å². The number of hydrogen-bond donors (Lipinski definition) is 0. The number of benzene rings is 1. The number of sulfone groups is 1. The summed E-state index contributed by atoms with van der Waals surface area (Å²) in [5, 5.41) is 0.456. The van der Waals surface area contributed by atoms with Crippen molar-refractivity contribution in [3.63, 3.8) is 0 Å². The van der Waals surface area contributed by atoms with Gasteiger partial charge in [-0.05, 0) is 30.7 Å². The van der Waals surface area contributed by atoms with Crippen molar-refractivity contribution in [1.82, 2.24) is 4.31 Å². The van der Waals surface area contributed by atoms with Crippen LogP contribution in [0.15, 0.2) is 29.2 Å². The van der Waals surface area contributed by atoms with Gasteiger partial charge in [-0.2, -0.15) is 4.31 Å². The quantitative estimate of drug-likeness (QED) is 0.818. The summed E-state index contributed by atoms with van der Waals surface area (Å²) < 4.78 is 48.9. The van der Waals surface area contributed by atoms with Crippen LogP contribution in [-0.2, 0) is 19.9 Å². The lowest BCUT2D eigenvalue weighted by molar-refractivity contribution is 0.434. The van der Waals surface area contributed by atoms with E-state index in [1.54, 1.807) is 0 Å². The third-order valence-electron chi connectivity index (χ3n) is 2.97. The molecule has 1 heterocycles. The molecule has 0 radical (unpaired) electrons. The molecule has 0 atom stereocenters. The minimum absolute atomic E-state index is 0.00724. The number of halogens is 1. The Balaban J connectivity index is 2.27. The molecule has 5 nitrogen and oxygen atoms in total. The molecular formula is C11H14ClNO4S2. The summed E-state index contributed by atoms with van der Waals surface area (Å²) in [7, 11) is -6.77. The molecule has 0 bridgehead atoms. The Morgan fingerprint density at radius 2 is 1.68 bits per heavy atom. The summed E-state index contributed by atoms with van der Waals surface area (Å²) >= 11 is 5.72. The topological polar surface area (TPSA) is 71.5 Å². The first-order chi connectivity index (χ1) is 8.81. The van der Waals surface area contributed by atoms with E-state index in [0.29, 0.717) is 11.4 Å². The molecule has 0 saturated carbocycles. The maximum Gasteiger partial charge on any atom is 0.243 e. The standard InChI is InChI=1S/C11H14ClNO4S2/c12-10-2-4-11(5-3-10)19(16,17)13-6-1-8-18(14,15)9-7-13/h2-5H,1,6-9H2. The summed E-state index contributed by atoms with van der Waals surface area (Å²) in [6, 6.07) is 5.86. The first-order valence-electron chi connectivity index (χ1n) is 5.77. The first-order valence-corrected chi connectivity index (χ1v) is 9.41. The normalized spacial score (nSPS) is 20.9. The molecular weight excluding hydrogens is 310 g/mol. The van der Waals surface area contributed by atoms with E-state index in [9.17, 15) is 16.8 Å². The zero-order valence-electron chi connectivity index (χ0n) is 10.1. The maximum atomic E-state index is 12.4. The van der Waals surface area contributed by atoms with Gasteiger partial charge in [-0.15, -0.1) is 0 Å². The van der Waals surface area contributed by atoms with Gasteiger partial charge in [0.15, 0.2) is 9.84 Å². The minimum Gasteiger partial charge on any atom is -0.229 e. The molecule has 1 aromatic carbocycles. The van der Waals surface area contributed by atoms with E-state index in [4.69, 9.17) is 11.6 Å². The van der Waals surface area contributed by atoms with Crippen molar-refractivity contribution < 1.29 is 16.8 Å². The summed E-state index contributed by atoms with van der Waals surface area (Å²) in [6.07, 6.45) is 0.329. The fourth-order valence-electron chi connectivity index (χ4n) is 1.91. The third kappa shape index (κ3) is 3.47. The van der Waals surface area contributed by atoms with Gasteiger partial charge in [0.05, 0.1) is 16.4 Å². The fourth-order valence-corrected chi connectivity index (χ4v) is 4.90. The number of hydrogen-bond acceptors (Lipinski definition) is 4. The number of nitrogens with zero attached hydrogens (tertiary/aromatic N) is 1. The van der Waals surface area contributed by atoms with Gasteiger partial charge in [0.1, 0.15) is 0 Å². The largest absolute Gasteiger partial charge is 0.243 e. The molecule has 0 unspecified atom stereocenters. The predicted molar refractivity (Wildman–Crippen MR) is 73.5 cm³/mol. The zero-order valence-corrected chi connectivity index (χ0v) is 12.5. The molecule has 1 saturated heterocycles. The van der Waals surface area contributed by atoms with Crippen molar-refractivity contribution in [3.05, 3.63) is 29.3 Å². The van der Waals surface area contributed by atoms with E-state index in [-0.39, 0.29) is 29.5 Å². The van der Waals surface area contributed by atoms with Crippen LogP contribution in [0, 0.1) is 0 Å². The molecule has 2 rings (SSSR count). The van der Waals surface area contributed by atoms with Gasteiger partial charge < -0.3 is 0 Å². The average Bonchev–Trinajstić information content (AvgIpc) is 2.51. The van der Waals surface area contributed by atoms with E-state index < -0.39 is 19.9 Å². The lowest BCUT2D eigenvalue weighted by Crippen LogP contribution is -2.33. The highest BCUT2D eigenvalue weighted by Gasteiger charge is 2.28. The number of rotatable bonds is 2. The van der Waals surface area contributed by atoms with E-state index in [0.717, 1.165) is 0 Å². The second-order valence-corrected chi connectivity index (χ2v) is 9.04. The Morgan fingerprint density at radius 1 is 1.05 bits per heavy atom. The molecule has 0 aromatic heterocycles. The second kappa shape index (κ2) is 5.40. The Labute approximate surface area is 118 Å². The molecule has 1 aliphatic rings. The minimum atomic E-state index is -3.64. The van der Waals surface area contributed by atoms with Crippen LogP contribution in [0.4, 0.5) is 0 Å². The molecule has 0 aliphatic carbocycles. The Kier molecular flexibility index (Phi) is 4.20. The first kappa shape index (κ1) is 14.8. The van der Waals surface area contributed by atoms with E-state index in [1.165, 1.54) is 28.6 Å². The smallest absolute Gasteiger partial charge is 0.229 e. The van der Waals surface area contributed by atoms with Crippen molar-refractivity contribution in [1.29, 1.82) is 0 Å². The van der Waals surface area contributed by atoms with Crippen molar-refractivity contribution in [2.45, 2.75) is 11.3 Å². The van der Waals surface area contributed by atoms with Crippen molar-refractivity contribution >= 4 is 31.5 Å². The van der Waals surface area contributed by atoms with Crippen LogP contribution in [0.1, 0.15) is 6.42 Å². The van der Waals surface area contributed by atoms with Crippen molar-refractivity contribution in [2.75, 3.05) is 24.6 Å². The predicted octanol–water partition coefficient (Wildman–Crippen LogP) is 1.15. The highest BCUT2D eigenvalue weighted by Crippen LogP contribution is 2.20. The summed E-state index contributed by atoms with van der Waals surface area (Å²) in [4.78, 5) is 0.135. The molecule has 19 heavy (non-hydrogen) atoms. The summed E-state index contributed by atoms with van der Waals surface area (Å²) in [6.45, 7) is 0.234. The van der Waals surface area contributed by atoms with Crippen molar-refractivity contribution in [3.8, 4) is 0 Å². The van der Waals surface area contributed by atoms with E-state index in [2.05, 4.69) is 0 Å². The van der Waals surface area contributed by atoms with Gasteiger partial charge in [-0.1, -0.05) is 11.6 Å². The highest BCUT2D eigenvalue weighted by atomic mass is 35.5. The van der Waals surface area contributed by atoms with Gasteiger partial charge in [-0.3, -0.25) is 0 Å². The SMILES string of the molecule is O=S1(=O)CCCN(S(=O)(=O)c2ccc(Cl)cc2)CC1. The molecule has 106 valence electrons. The molecule has 0 N–H and O–H groups in total. The monoisotopic (exact) mass is 323 g/mol. The molecule has 0 spiro atoms. The van der Waals surface area contributed by atoms with Crippen LogP contribution < -0.4 is 0 Å². The van der Waals surface area contributed by atoms with Gasteiger partial charge >= 0.3 is 0 Å². The second-order valence-electron chi connectivity index (χ2n) is 4.36. The molecule has 1 fully saturated rings. The molecule has 0 amide bonds. The lowest BCUT2D eigenvalue weighted by atomic mass is 10.4. The van der Waals surface area contributed by atoms with Gasteiger partial charge in [0.2, 0.25) is 10.0 Å². The van der Waals surface area contributed by atoms with Crippen LogP contribution in [0.5, 0.6) is 0 Å². The van der Waals surface area contributed by atoms with Crippen LogP contribution >= 0.6 is 11.6 Å². The molecule has 1 aromatic rings. The van der Waals surface area contributed by atoms with Crippen LogP contribution in [0.25, 0.3) is 0 Å². The van der Waals surface area contributed by atoms with E-state index >= 15 is 0 Å². The summed E-state index contributed by atoms with van der Waals surface area (Å²) in [5.41, 5.74) is 0.